The summed E-state index contributed by atoms with van der Waals surface area (Å²) in [5, 5.41) is 10.6. The molecule has 0 fully saturated rings. The van der Waals surface area contributed by atoms with Crippen molar-refractivity contribution in [3.8, 4) is 11.5 Å². The third-order valence-electron chi connectivity index (χ3n) is 1.68. The van der Waals surface area contributed by atoms with E-state index in [9.17, 15) is 10.1 Å². The molecule has 0 spiro atoms. The minimum Gasteiger partial charge on any atom is -0.496 e. The second-order valence-electron chi connectivity index (χ2n) is 2.45. The molecule has 0 atom stereocenters. The summed E-state index contributed by atoms with van der Waals surface area (Å²) in [4.78, 5) is 10.3. The molecule has 0 aliphatic heterocycles. The molecule has 5 nitrogen and oxygen atoms in total. The highest BCUT2D eigenvalue weighted by molar-refractivity contribution is 7.80. The van der Waals surface area contributed by atoms with E-state index in [1.165, 1.54) is 26.4 Å². The minimum absolute atomic E-state index is 0.135. The summed E-state index contributed by atoms with van der Waals surface area (Å²) >= 11 is 3.99. The van der Waals surface area contributed by atoms with Crippen molar-refractivity contribution in [3.05, 3.63) is 22.2 Å². The molecule has 0 heterocycles. The predicted molar refractivity (Wildman–Crippen MR) is 53.5 cm³/mol. The number of ether oxygens (including phenoxy) is 2. The Morgan fingerprint density at radius 3 is 2.43 bits per heavy atom. The molecule has 1 aromatic carbocycles. The zero-order chi connectivity index (χ0) is 10.7. The van der Waals surface area contributed by atoms with Crippen molar-refractivity contribution < 1.29 is 14.4 Å². The Bertz CT molecular complexity index is 367. The van der Waals surface area contributed by atoms with Gasteiger partial charge in [-0.1, -0.05) is 0 Å². The Morgan fingerprint density at radius 1 is 1.36 bits per heavy atom. The number of nitro groups is 1. The molecule has 6 heteroatoms. The third kappa shape index (κ3) is 1.90. The first-order valence-corrected chi connectivity index (χ1v) is 4.14. The van der Waals surface area contributed by atoms with E-state index in [1.54, 1.807) is 0 Å². The number of thiol groups is 1. The lowest BCUT2D eigenvalue weighted by molar-refractivity contribution is -0.387. The van der Waals surface area contributed by atoms with Crippen LogP contribution in [0.4, 0.5) is 5.69 Å². The molecule has 0 saturated carbocycles. The molecule has 14 heavy (non-hydrogen) atoms. The predicted octanol–water partition coefficient (Wildman–Crippen LogP) is 1.90. The molecule has 76 valence electrons. The van der Waals surface area contributed by atoms with Crippen LogP contribution in [0.5, 0.6) is 11.5 Å². The maximum atomic E-state index is 10.6. The van der Waals surface area contributed by atoms with Gasteiger partial charge in [-0.2, -0.15) is 0 Å². The molecule has 0 aliphatic rings. The maximum absolute atomic E-state index is 10.6. The van der Waals surface area contributed by atoms with Crippen LogP contribution in [0.2, 0.25) is 0 Å². The fourth-order valence-corrected chi connectivity index (χ4v) is 1.28. The Balaban J connectivity index is 3.34. The SMILES string of the molecule is COc1cc(OC)c(S)c([N+](=O)[O-])c1. The summed E-state index contributed by atoms with van der Waals surface area (Å²) in [6, 6.07) is 2.83. The fourth-order valence-electron chi connectivity index (χ4n) is 0.981. The van der Waals surface area contributed by atoms with Gasteiger partial charge in [-0.05, 0) is 0 Å². The number of nitrogens with zero attached hydrogens (tertiary/aromatic N) is 1. The monoisotopic (exact) mass is 215 g/mol. The molecule has 0 amide bonds. The van der Waals surface area contributed by atoms with E-state index in [2.05, 4.69) is 12.6 Å². The number of hydrogen-bond donors (Lipinski definition) is 1. The van der Waals surface area contributed by atoms with Gasteiger partial charge in [0.1, 0.15) is 16.4 Å². The average molecular weight is 215 g/mol. The zero-order valence-corrected chi connectivity index (χ0v) is 8.58. The van der Waals surface area contributed by atoms with E-state index in [-0.39, 0.29) is 10.6 Å². The average Bonchev–Trinajstić information content (AvgIpc) is 2.17. The summed E-state index contributed by atoms with van der Waals surface area (Å²) in [5.74, 6) is 0.686. The number of benzene rings is 1. The highest BCUT2D eigenvalue weighted by Gasteiger charge is 2.17. The highest BCUT2D eigenvalue weighted by Crippen LogP contribution is 2.36. The van der Waals surface area contributed by atoms with Crippen molar-refractivity contribution in [1.29, 1.82) is 0 Å². The summed E-state index contributed by atoms with van der Waals surface area (Å²) in [6.07, 6.45) is 0. The van der Waals surface area contributed by atoms with E-state index in [4.69, 9.17) is 9.47 Å². The van der Waals surface area contributed by atoms with Crippen molar-refractivity contribution in [2.75, 3.05) is 14.2 Å². The molecular formula is C8H9NO4S. The first-order chi connectivity index (χ1) is 6.60. The van der Waals surface area contributed by atoms with Crippen LogP contribution in [0.15, 0.2) is 17.0 Å². The van der Waals surface area contributed by atoms with Crippen molar-refractivity contribution in [2.24, 2.45) is 0 Å². The topological polar surface area (TPSA) is 61.6 Å². The molecule has 0 aliphatic carbocycles. The van der Waals surface area contributed by atoms with Crippen LogP contribution in [0.3, 0.4) is 0 Å². The minimum atomic E-state index is -0.534. The molecule has 0 unspecified atom stereocenters. The standard InChI is InChI=1S/C8H9NO4S/c1-12-5-3-6(9(10)11)8(14)7(4-5)13-2/h3-4,14H,1-2H3. The van der Waals surface area contributed by atoms with Crippen LogP contribution < -0.4 is 9.47 Å². The van der Waals surface area contributed by atoms with Gasteiger partial charge in [-0.3, -0.25) is 10.1 Å². The van der Waals surface area contributed by atoms with Crippen LogP contribution in [0, 0.1) is 10.1 Å². The van der Waals surface area contributed by atoms with E-state index in [1.807, 2.05) is 0 Å². The molecule has 0 saturated heterocycles. The van der Waals surface area contributed by atoms with Crippen LogP contribution in [0.25, 0.3) is 0 Å². The highest BCUT2D eigenvalue weighted by atomic mass is 32.1. The number of rotatable bonds is 3. The number of methoxy groups -OCH3 is 2. The normalized spacial score (nSPS) is 9.64. The molecular weight excluding hydrogens is 206 g/mol. The van der Waals surface area contributed by atoms with Crippen LogP contribution in [0.1, 0.15) is 0 Å². The van der Waals surface area contributed by atoms with Crippen LogP contribution in [-0.4, -0.2) is 19.1 Å². The first kappa shape index (κ1) is 10.6. The van der Waals surface area contributed by atoms with E-state index >= 15 is 0 Å². The van der Waals surface area contributed by atoms with Crippen molar-refractivity contribution in [2.45, 2.75) is 4.90 Å². The van der Waals surface area contributed by atoms with Gasteiger partial charge >= 0.3 is 0 Å². The third-order valence-corrected chi connectivity index (χ3v) is 2.13. The molecule has 0 N–H and O–H groups in total. The van der Waals surface area contributed by atoms with Gasteiger partial charge in [0.05, 0.1) is 25.2 Å². The molecule has 0 radical (unpaired) electrons. The van der Waals surface area contributed by atoms with E-state index in [0.29, 0.717) is 11.5 Å². The van der Waals surface area contributed by atoms with Gasteiger partial charge < -0.3 is 9.47 Å². The van der Waals surface area contributed by atoms with Crippen LogP contribution in [-0.2, 0) is 0 Å². The summed E-state index contributed by atoms with van der Waals surface area (Å²) in [7, 11) is 2.84. The lowest BCUT2D eigenvalue weighted by Gasteiger charge is -2.06. The van der Waals surface area contributed by atoms with E-state index < -0.39 is 4.92 Å². The van der Waals surface area contributed by atoms with E-state index in [0.717, 1.165) is 0 Å². The van der Waals surface area contributed by atoms with Crippen molar-refractivity contribution in [1.82, 2.24) is 0 Å². The number of hydrogen-bond acceptors (Lipinski definition) is 5. The first-order valence-electron chi connectivity index (χ1n) is 3.69. The second kappa shape index (κ2) is 4.19. The van der Waals surface area contributed by atoms with Gasteiger partial charge in [-0.25, -0.2) is 0 Å². The van der Waals surface area contributed by atoms with Crippen molar-refractivity contribution in [3.63, 3.8) is 0 Å². The molecule has 1 aromatic rings. The second-order valence-corrected chi connectivity index (χ2v) is 2.90. The van der Waals surface area contributed by atoms with Gasteiger partial charge in [-0.15, -0.1) is 12.6 Å². The number of nitro benzene ring substituents is 1. The smallest absolute Gasteiger partial charge is 0.290 e. The Hall–Kier alpha value is -1.43. The van der Waals surface area contributed by atoms with Crippen molar-refractivity contribution >= 4 is 18.3 Å². The van der Waals surface area contributed by atoms with Gasteiger partial charge in [0.2, 0.25) is 0 Å². The summed E-state index contributed by atoms with van der Waals surface area (Å²) in [5.41, 5.74) is -0.135. The largest absolute Gasteiger partial charge is 0.496 e. The maximum Gasteiger partial charge on any atom is 0.290 e. The zero-order valence-electron chi connectivity index (χ0n) is 7.68. The lowest BCUT2D eigenvalue weighted by Crippen LogP contribution is -1.95. The van der Waals surface area contributed by atoms with Crippen LogP contribution >= 0.6 is 12.6 Å². The lowest BCUT2D eigenvalue weighted by atomic mass is 10.3. The van der Waals surface area contributed by atoms with Gasteiger partial charge in [0.25, 0.3) is 5.69 Å². The Morgan fingerprint density at radius 2 is 2.00 bits per heavy atom. The quantitative estimate of drug-likeness (QED) is 0.475. The Kier molecular flexibility index (Phi) is 3.19. The van der Waals surface area contributed by atoms with Gasteiger partial charge in [0, 0.05) is 6.07 Å². The summed E-state index contributed by atoms with van der Waals surface area (Å²) in [6.45, 7) is 0. The molecule has 0 aromatic heterocycles. The molecule has 1 rings (SSSR count). The van der Waals surface area contributed by atoms with Gasteiger partial charge in [0.15, 0.2) is 0 Å². The fraction of sp³-hybridized carbons (Fsp3) is 0.250. The summed E-state index contributed by atoms with van der Waals surface area (Å²) < 4.78 is 9.80. The molecule has 0 bridgehead atoms. The Labute approximate surface area is 86.2 Å².